The van der Waals surface area contributed by atoms with Crippen LogP contribution in [-0.4, -0.2) is 60.9 Å². The van der Waals surface area contributed by atoms with Gasteiger partial charge in [-0.1, -0.05) is 13.8 Å². The second-order valence-electron chi connectivity index (χ2n) is 6.63. The van der Waals surface area contributed by atoms with Gasteiger partial charge in [-0.2, -0.15) is 0 Å². The summed E-state index contributed by atoms with van der Waals surface area (Å²) in [6.45, 7) is 7.86. The lowest BCUT2D eigenvalue weighted by molar-refractivity contribution is -0.122. The van der Waals surface area contributed by atoms with Gasteiger partial charge >= 0.3 is 0 Å². The van der Waals surface area contributed by atoms with Gasteiger partial charge in [-0.15, -0.1) is 0 Å². The zero-order valence-electron chi connectivity index (χ0n) is 14.4. The third-order valence-electron chi connectivity index (χ3n) is 4.04. The molecule has 1 aliphatic heterocycles. The SMILES string of the molecule is CC(C)CNC(=O)CN1CCCN(C(=O)c2ccc(F)cc2)CC1. The van der Waals surface area contributed by atoms with Crippen LogP contribution >= 0.6 is 0 Å². The zero-order valence-corrected chi connectivity index (χ0v) is 14.4. The van der Waals surface area contributed by atoms with Gasteiger partial charge in [-0.25, -0.2) is 4.39 Å². The highest BCUT2D eigenvalue weighted by Crippen LogP contribution is 2.10. The number of halogens is 1. The Labute approximate surface area is 142 Å². The van der Waals surface area contributed by atoms with Crippen LogP contribution in [0.3, 0.4) is 0 Å². The third-order valence-corrected chi connectivity index (χ3v) is 4.04. The summed E-state index contributed by atoms with van der Waals surface area (Å²) in [5.41, 5.74) is 0.500. The number of benzene rings is 1. The summed E-state index contributed by atoms with van der Waals surface area (Å²) in [6, 6.07) is 5.63. The quantitative estimate of drug-likeness (QED) is 0.892. The van der Waals surface area contributed by atoms with E-state index in [0.29, 0.717) is 44.2 Å². The Morgan fingerprint density at radius 2 is 1.83 bits per heavy atom. The molecule has 24 heavy (non-hydrogen) atoms. The Balaban J connectivity index is 1.84. The predicted octanol–water partition coefficient (Wildman–Crippen LogP) is 1.75. The van der Waals surface area contributed by atoms with Gasteiger partial charge in [-0.05, 0) is 36.6 Å². The number of hydrogen-bond donors (Lipinski definition) is 1. The second-order valence-corrected chi connectivity index (χ2v) is 6.63. The first-order valence-corrected chi connectivity index (χ1v) is 8.49. The predicted molar refractivity (Wildman–Crippen MR) is 91.2 cm³/mol. The maximum absolute atomic E-state index is 13.0. The standard InChI is InChI=1S/C18H26FN3O2/c1-14(2)12-20-17(23)13-21-8-3-9-22(11-10-21)18(24)15-4-6-16(19)7-5-15/h4-7,14H,3,8-13H2,1-2H3,(H,20,23). The molecule has 0 radical (unpaired) electrons. The Hall–Kier alpha value is -1.95. The summed E-state index contributed by atoms with van der Waals surface area (Å²) in [4.78, 5) is 28.3. The van der Waals surface area contributed by atoms with Crippen LogP contribution in [0.2, 0.25) is 0 Å². The van der Waals surface area contributed by atoms with E-state index in [4.69, 9.17) is 0 Å². The number of carbonyl (C=O) groups excluding carboxylic acids is 2. The molecule has 1 aromatic rings. The van der Waals surface area contributed by atoms with Gasteiger partial charge < -0.3 is 10.2 Å². The van der Waals surface area contributed by atoms with E-state index in [1.807, 2.05) is 0 Å². The maximum Gasteiger partial charge on any atom is 0.253 e. The summed E-state index contributed by atoms with van der Waals surface area (Å²) in [6.07, 6.45) is 0.824. The van der Waals surface area contributed by atoms with Gasteiger partial charge in [0, 0.05) is 38.3 Å². The highest BCUT2D eigenvalue weighted by atomic mass is 19.1. The molecule has 6 heteroatoms. The number of hydrogen-bond acceptors (Lipinski definition) is 3. The third kappa shape index (κ3) is 5.60. The fourth-order valence-electron chi connectivity index (χ4n) is 2.68. The van der Waals surface area contributed by atoms with E-state index in [9.17, 15) is 14.0 Å². The molecule has 1 aliphatic rings. The van der Waals surface area contributed by atoms with Crippen LogP contribution in [0.1, 0.15) is 30.6 Å². The molecule has 1 saturated heterocycles. The average Bonchev–Trinajstić information content (AvgIpc) is 2.78. The summed E-state index contributed by atoms with van der Waals surface area (Å²) < 4.78 is 13.0. The second kappa shape index (κ2) is 8.78. The lowest BCUT2D eigenvalue weighted by Crippen LogP contribution is -2.40. The molecular formula is C18H26FN3O2. The smallest absolute Gasteiger partial charge is 0.253 e. The van der Waals surface area contributed by atoms with Crippen LogP contribution in [0.15, 0.2) is 24.3 Å². The molecule has 0 atom stereocenters. The largest absolute Gasteiger partial charge is 0.355 e. The van der Waals surface area contributed by atoms with E-state index in [2.05, 4.69) is 24.1 Å². The first-order valence-electron chi connectivity index (χ1n) is 8.49. The van der Waals surface area contributed by atoms with Crippen LogP contribution in [0.4, 0.5) is 4.39 Å². The molecule has 1 heterocycles. The Morgan fingerprint density at radius 3 is 2.50 bits per heavy atom. The molecule has 2 rings (SSSR count). The van der Waals surface area contributed by atoms with Crippen molar-refractivity contribution in [2.24, 2.45) is 5.92 Å². The normalized spacial score (nSPS) is 16.1. The number of carbonyl (C=O) groups is 2. The molecule has 1 aromatic carbocycles. The number of rotatable bonds is 5. The molecule has 5 nitrogen and oxygen atoms in total. The fourth-order valence-corrected chi connectivity index (χ4v) is 2.68. The highest BCUT2D eigenvalue weighted by Gasteiger charge is 2.21. The lowest BCUT2D eigenvalue weighted by atomic mass is 10.2. The monoisotopic (exact) mass is 335 g/mol. The molecule has 1 N–H and O–H groups in total. The van der Waals surface area contributed by atoms with E-state index < -0.39 is 0 Å². The van der Waals surface area contributed by atoms with Crippen molar-refractivity contribution in [2.45, 2.75) is 20.3 Å². The van der Waals surface area contributed by atoms with Crippen molar-refractivity contribution < 1.29 is 14.0 Å². The fraction of sp³-hybridized carbons (Fsp3) is 0.556. The topological polar surface area (TPSA) is 52.7 Å². The molecular weight excluding hydrogens is 309 g/mol. The van der Waals surface area contributed by atoms with Crippen molar-refractivity contribution in [3.05, 3.63) is 35.6 Å². The number of nitrogens with zero attached hydrogens (tertiary/aromatic N) is 2. The number of nitrogens with one attached hydrogen (secondary N) is 1. The molecule has 0 spiro atoms. The summed E-state index contributed by atoms with van der Waals surface area (Å²) in [7, 11) is 0. The minimum absolute atomic E-state index is 0.0296. The Morgan fingerprint density at radius 1 is 1.12 bits per heavy atom. The van der Waals surface area contributed by atoms with Crippen LogP contribution in [0.5, 0.6) is 0 Å². The summed E-state index contributed by atoms with van der Waals surface area (Å²) in [5.74, 6) is 0.0334. The van der Waals surface area contributed by atoms with Gasteiger partial charge in [0.25, 0.3) is 5.91 Å². The van der Waals surface area contributed by atoms with E-state index in [-0.39, 0.29) is 17.6 Å². The van der Waals surface area contributed by atoms with Gasteiger partial charge in [0.05, 0.1) is 6.54 Å². The minimum Gasteiger partial charge on any atom is -0.355 e. The highest BCUT2D eigenvalue weighted by molar-refractivity contribution is 5.94. The van der Waals surface area contributed by atoms with Gasteiger partial charge in [0.1, 0.15) is 5.82 Å². The van der Waals surface area contributed by atoms with E-state index >= 15 is 0 Å². The van der Waals surface area contributed by atoms with Crippen LogP contribution in [0, 0.1) is 11.7 Å². The zero-order chi connectivity index (χ0) is 17.5. The average molecular weight is 335 g/mol. The van der Waals surface area contributed by atoms with Crippen molar-refractivity contribution >= 4 is 11.8 Å². The van der Waals surface area contributed by atoms with Crippen molar-refractivity contribution in [2.75, 3.05) is 39.3 Å². The molecule has 1 fully saturated rings. The molecule has 0 saturated carbocycles. The molecule has 0 unspecified atom stereocenters. The van der Waals surface area contributed by atoms with Crippen LogP contribution < -0.4 is 5.32 Å². The van der Waals surface area contributed by atoms with Crippen molar-refractivity contribution in [3.63, 3.8) is 0 Å². The Kier molecular flexibility index (Phi) is 6.73. The van der Waals surface area contributed by atoms with Crippen molar-refractivity contribution in [1.82, 2.24) is 15.1 Å². The first kappa shape index (κ1) is 18.4. The molecule has 2 amide bonds. The molecule has 0 aromatic heterocycles. The molecule has 0 aliphatic carbocycles. The van der Waals surface area contributed by atoms with Gasteiger partial charge in [0.15, 0.2) is 0 Å². The summed E-state index contributed by atoms with van der Waals surface area (Å²) in [5, 5.41) is 2.92. The van der Waals surface area contributed by atoms with Crippen molar-refractivity contribution in [1.29, 1.82) is 0 Å². The summed E-state index contributed by atoms with van der Waals surface area (Å²) >= 11 is 0. The molecule has 0 bridgehead atoms. The number of amides is 2. The van der Waals surface area contributed by atoms with Gasteiger partial charge in [-0.3, -0.25) is 14.5 Å². The van der Waals surface area contributed by atoms with E-state index in [0.717, 1.165) is 13.0 Å². The van der Waals surface area contributed by atoms with Crippen LogP contribution in [-0.2, 0) is 4.79 Å². The Bertz CT molecular complexity index is 560. The maximum atomic E-state index is 13.0. The van der Waals surface area contributed by atoms with Gasteiger partial charge in [0.2, 0.25) is 5.91 Å². The van der Waals surface area contributed by atoms with E-state index in [1.54, 1.807) is 4.90 Å². The van der Waals surface area contributed by atoms with Crippen molar-refractivity contribution in [3.8, 4) is 0 Å². The molecule has 132 valence electrons. The minimum atomic E-state index is -0.346. The first-order chi connectivity index (χ1) is 11.5. The van der Waals surface area contributed by atoms with Crippen LogP contribution in [0.25, 0.3) is 0 Å². The lowest BCUT2D eigenvalue weighted by Gasteiger charge is -2.22. The van der Waals surface area contributed by atoms with E-state index in [1.165, 1.54) is 24.3 Å².